The number of amides is 1. The van der Waals surface area contributed by atoms with Crippen molar-refractivity contribution in [1.82, 2.24) is 19.7 Å². The maximum Gasteiger partial charge on any atom is 0.305 e. The van der Waals surface area contributed by atoms with E-state index in [4.69, 9.17) is 5.11 Å². The number of carboxylic acids is 1. The van der Waals surface area contributed by atoms with Gasteiger partial charge >= 0.3 is 5.97 Å². The van der Waals surface area contributed by atoms with E-state index in [9.17, 15) is 9.59 Å². The quantitative estimate of drug-likeness (QED) is 0.910. The molecule has 0 bridgehead atoms. The predicted molar refractivity (Wildman–Crippen MR) is 87.6 cm³/mol. The minimum atomic E-state index is -0.882. The highest BCUT2D eigenvalue weighted by Crippen LogP contribution is 2.23. The van der Waals surface area contributed by atoms with Gasteiger partial charge in [0.2, 0.25) is 0 Å². The van der Waals surface area contributed by atoms with Crippen LogP contribution in [-0.2, 0) is 11.8 Å². The Morgan fingerprint density at radius 2 is 2.26 bits per heavy atom. The Balaban J connectivity index is 1.91. The number of carbonyl (C=O) groups is 2. The summed E-state index contributed by atoms with van der Waals surface area (Å²) < 4.78 is 1.68. The molecule has 1 atom stereocenters. The molecule has 1 N–H and O–H groups in total. The van der Waals surface area contributed by atoms with Crippen molar-refractivity contribution in [2.45, 2.75) is 19.4 Å². The number of pyridine rings is 1. The molecule has 1 amide bonds. The molecule has 7 nitrogen and oxygen atoms in total. The van der Waals surface area contributed by atoms with E-state index < -0.39 is 5.97 Å². The van der Waals surface area contributed by atoms with Gasteiger partial charge in [-0.25, -0.2) is 4.98 Å². The van der Waals surface area contributed by atoms with Gasteiger partial charge in [-0.05, 0) is 13.0 Å². The summed E-state index contributed by atoms with van der Waals surface area (Å²) in [5, 5.41) is 14.2. The number of aliphatic carboxylic acids is 1. The average molecular weight is 334 g/mol. The van der Waals surface area contributed by atoms with Gasteiger partial charge in [0, 0.05) is 36.7 Å². The molecule has 0 aromatic carbocycles. The highest BCUT2D eigenvalue weighted by molar-refractivity contribution is 7.99. The third-order valence-electron chi connectivity index (χ3n) is 4.01. The number of hydrogen-bond acceptors (Lipinski definition) is 5. The van der Waals surface area contributed by atoms with Gasteiger partial charge in [-0.1, -0.05) is 0 Å². The van der Waals surface area contributed by atoms with Crippen molar-refractivity contribution >= 4 is 34.7 Å². The zero-order chi connectivity index (χ0) is 16.6. The molecule has 1 aliphatic heterocycles. The normalized spacial score (nSPS) is 18.3. The summed E-state index contributed by atoms with van der Waals surface area (Å²) in [5.74, 6) is 0.435. The van der Waals surface area contributed by atoms with E-state index in [0.29, 0.717) is 17.9 Å². The first kappa shape index (κ1) is 15.8. The molecule has 8 heteroatoms. The standard InChI is InChI=1S/C15H18N4O3S/c1-9-12-5-10(7-16-14(12)18(2)17-9)15(22)19-3-4-23-8-11(19)6-13(20)21/h5,7,11H,3-4,6,8H2,1-2H3,(H,20,21). The zero-order valence-corrected chi connectivity index (χ0v) is 13.8. The molecule has 1 saturated heterocycles. The molecule has 1 aliphatic rings. The van der Waals surface area contributed by atoms with Crippen LogP contribution in [-0.4, -0.2) is 60.7 Å². The molecule has 23 heavy (non-hydrogen) atoms. The molecular weight excluding hydrogens is 316 g/mol. The molecule has 3 rings (SSSR count). The Morgan fingerprint density at radius 3 is 3.00 bits per heavy atom. The van der Waals surface area contributed by atoms with Crippen LogP contribution >= 0.6 is 11.8 Å². The summed E-state index contributed by atoms with van der Waals surface area (Å²) in [6, 6.07) is 1.52. The summed E-state index contributed by atoms with van der Waals surface area (Å²) >= 11 is 1.68. The second-order valence-electron chi connectivity index (χ2n) is 5.63. The Hall–Kier alpha value is -2.09. The smallest absolute Gasteiger partial charge is 0.305 e. The molecule has 1 fully saturated rings. The molecular formula is C15H18N4O3S. The number of aromatic nitrogens is 3. The third kappa shape index (κ3) is 3.03. The van der Waals surface area contributed by atoms with Crippen molar-refractivity contribution in [3.8, 4) is 0 Å². The van der Waals surface area contributed by atoms with Gasteiger partial charge in [-0.2, -0.15) is 16.9 Å². The lowest BCUT2D eigenvalue weighted by molar-refractivity contribution is -0.138. The van der Waals surface area contributed by atoms with E-state index >= 15 is 0 Å². The monoisotopic (exact) mass is 334 g/mol. The molecule has 0 saturated carbocycles. The lowest BCUT2D eigenvalue weighted by Gasteiger charge is -2.34. The van der Waals surface area contributed by atoms with Crippen LogP contribution in [0.15, 0.2) is 12.3 Å². The van der Waals surface area contributed by atoms with E-state index in [1.807, 2.05) is 14.0 Å². The number of rotatable bonds is 3. The lowest BCUT2D eigenvalue weighted by Crippen LogP contribution is -2.47. The SMILES string of the molecule is Cc1nn(C)c2ncc(C(=O)N3CCSCC3CC(=O)O)cc12. The van der Waals surface area contributed by atoms with E-state index in [1.165, 1.54) is 0 Å². The summed E-state index contributed by atoms with van der Waals surface area (Å²) in [6.07, 6.45) is 1.52. The fourth-order valence-electron chi connectivity index (χ4n) is 2.88. The Bertz CT molecular complexity index is 773. The van der Waals surface area contributed by atoms with Crippen LogP contribution in [0.2, 0.25) is 0 Å². The van der Waals surface area contributed by atoms with Gasteiger partial charge in [0.1, 0.15) is 0 Å². The second kappa shape index (κ2) is 6.19. The number of thioether (sulfide) groups is 1. The predicted octanol–water partition coefficient (Wildman–Crippen LogP) is 1.31. The van der Waals surface area contributed by atoms with Crippen molar-refractivity contribution < 1.29 is 14.7 Å². The number of fused-ring (bicyclic) bond motifs is 1. The molecule has 2 aromatic rings. The Morgan fingerprint density at radius 1 is 1.48 bits per heavy atom. The highest BCUT2D eigenvalue weighted by Gasteiger charge is 2.30. The van der Waals surface area contributed by atoms with Crippen LogP contribution in [0.5, 0.6) is 0 Å². The summed E-state index contributed by atoms with van der Waals surface area (Å²) in [6.45, 7) is 2.44. The van der Waals surface area contributed by atoms with Crippen molar-refractivity contribution in [3.63, 3.8) is 0 Å². The van der Waals surface area contributed by atoms with Crippen LogP contribution in [0.25, 0.3) is 11.0 Å². The second-order valence-corrected chi connectivity index (χ2v) is 6.78. The number of nitrogens with zero attached hydrogens (tertiary/aromatic N) is 4. The third-order valence-corrected chi connectivity index (χ3v) is 5.10. The van der Waals surface area contributed by atoms with Crippen LogP contribution < -0.4 is 0 Å². The van der Waals surface area contributed by atoms with E-state index in [-0.39, 0.29) is 18.4 Å². The largest absolute Gasteiger partial charge is 0.481 e. The first-order valence-corrected chi connectivity index (χ1v) is 8.52. The summed E-state index contributed by atoms with van der Waals surface area (Å²) in [4.78, 5) is 29.8. The van der Waals surface area contributed by atoms with Gasteiger partial charge in [-0.3, -0.25) is 14.3 Å². The van der Waals surface area contributed by atoms with Crippen LogP contribution in [0.3, 0.4) is 0 Å². The minimum Gasteiger partial charge on any atom is -0.481 e. The van der Waals surface area contributed by atoms with Gasteiger partial charge in [0.15, 0.2) is 5.65 Å². The zero-order valence-electron chi connectivity index (χ0n) is 13.0. The summed E-state index contributed by atoms with van der Waals surface area (Å²) in [5.41, 5.74) is 2.03. The minimum absolute atomic E-state index is 0.0274. The van der Waals surface area contributed by atoms with E-state index in [1.54, 1.807) is 33.6 Å². The van der Waals surface area contributed by atoms with Gasteiger partial charge in [0.25, 0.3) is 5.91 Å². The van der Waals surface area contributed by atoms with Crippen LogP contribution in [0, 0.1) is 6.92 Å². The van der Waals surface area contributed by atoms with E-state index in [2.05, 4.69) is 10.1 Å². The molecule has 0 spiro atoms. The topological polar surface area (TPSA) is 88.3 Å². The molecule has 0 radical (unpaired) electrons. The summed E-state index contributed by atoms with van der Waals surface area (Å²) in [7, 11) is 1.81. The van der Waals surface area contributed by atoms with Gasteiger partial charge in [-0.15, -0.1) is 0 Å². The van der Waals surface area contributed by atoms with Gasteiger partial charge < -0.3 is 10.0 Å². The Kier molecular flexibility index (Phi) is 4.25. The fraction of sp³-hybridized carbons (Fsp3) is 0.467. The first-order chi connectivity index (χ1) is 11.0. The lowest BCUT2D eigenvalue weighted by atomic mass is 10.1. The van der Waals surface area contributed by atoms with Gasteiger partial charge in [0.05, 0.1) is 23.7 Å². The van der Waals surface area contributed by atoms with Crippen molar-refractivity contribution in [3.05, 3.63) is 23.5 Å². The number of aryl methyl sites for hydroxylation is 2. The fourth-order valence-corrected chi connectivity index (χ4v) is 3.95. The molecule has 3 heterocycles. The molecule has 0 aliphatic carbocycles. The number of carboxylic acid groups (broad SMARTS) is 1. The van der Waals surface area contributed by atoms with Crippen molar-refractivity contribution in [2.75, 3.05) is 18.1 Å². The van der Waals surface area contributed by atoms with Crippen LogP contribution in [0.1, 0.15) is 22.5 Å². The molecule has 1 unspecified atom stereocenters. The highest BCUT2D eigenvalue weighted by atomic mass is 32.2. The van der Waals surface area contributed by atoms with Crippen molar-refractivity contribution in [1.29, 1.82) is 0 Å². The van der Waals surface area contributed by atoms with E-state index in [0.717, 1.165) is 22.5 Å². The van der Waals surface area contributed by atoms with Crippen molar-refractivity contribution in [2.24, 2.45) is 7.05 Å². The average Bonchev–Trinajstić information content (AvgIpc) is 2.81. The number of hydrogen-bond donors (Lipinski definition) is 1. The molecule has 2 aromatic heterocycles. The Labute approximate surface area is 137 Å². The maximum atomic E-state index is 12.8. The van der Waals surface area contributed by atoms with Crippen LogP contribution in [0.4, 0.5) is 0 Å². The first-order valence-electron chi connectivity index (χ1n) is 7.37. The molecule has 122 valence electrons. The maximum absolute atomic E-state index is 12.8. The number of carbonyl (C=O) groups excluding carboxylic acids is 1.